The van der Waals surface area contributed by atoms with Crippen molar-refractivity contribution in [1.29, 1.82) is 0 Å². The molecule has 0 bridgehead atoms. The van der Waals surface area contributed by atoms with Gasteiger partial charge in [-0.2, -0.15) is 0 Å². The lowest BCUT2D eigenvalue weighted by atomic mass is 10.0. The molecule has 2 rings (SSSR count). The van der Waals surface area contributed by atoms with Crippen LogP contribution in [-0.4, -0.2) is 23.0 Å². The number of hydrogen-bond acceptors (Lipinski definition) is 3. The molecule has 0 saturated carbocycles. The highest BCUT2D eigenvalue weighted by molar-refractivity contribution is 9.10. The van der Waals surface area contributed by atoms with Crippen molar-refractivity contribution in [2.24, 2.45) is 5.89 Å². The minimum Gasteiger partial charge on any atom is -0.341 e. The van der Waals surface area contributed by atoms with E-state index in [9.17, 15) is 0 Å². The van der Waals surface area contributed by atoms with Crippen LogP contribution in [0.1, 0.15) is 38.8 Å². The molecule has 1 atom stereocenters. The Labute approximate surface area is 112 Å². The topological polar surface area (TPSA) is 29.0 Å². The number of nitrogens with zero attached hydrogens (tertiary/aromatic N) is 3. The van der Waals surface area contributed by atoms with E-state index in [-0.39, 0.29) is 9.37 Å². The van der Waals surface area contributed by atoms with Crippen molar-refractivity contribution < 1.29 is 19.2 Å². The fourth-order valence-electron chi connectivity index (χ4n) is 0.762. The van der Waals surface area contributed by atoms with Crippen molar-refractivity contribution in [3.8, 4) is 0 Å². The Hall–Kier alpha value is -0.640. The van der Waals surface area contributed by atoms with Gasteiger partial charge in [-0.15, -0.1) is 0 Å². The van der Waals surface area contributed by atoms with Crippen LogP contribution in [-0.2, 0) is 0 Å². The minimum absolute atomic E-state index is 0.205. The Kier molecular flexibility index (Phi) is 0.771. The number of halogens is 1. The zero-order chi connectivity index (χ0) is 22.3. The number of anilines is 1. The Bertz CT molecular complexity index is 784. The monoisotopic (exact) mass is 269 g/mol. The highest BCUT2D eigenvalue weighted by Gasteiger charge is 2.17. The highest BCUT2D eigenvalue weighted by atomic mass is 79.9. The van der Waals surface area contributed by atoms with Crippen molar-refractivity contribution in [3.05, 3.63) is 16.8 Å². The third-order valence-electron chi connectivity index (χ3n) is 1.29. The van der Waals surface area contributed by atoms with Crippen LogP contribution >= 0.6 is 15.9 Å². The molecular weight excluding hydrogens is 242 g/mol. The van der Waals surface area contributed by atoms with Gasteiger partial charge in [0.05, 0.1) is 7.21 Å². The zero-order valence-corrected chi connectivity index (χ0v) is 8.31. The smallest absolute Gasteiger partial charge is 0.225 e. The molecule has 76 valence electrons. The zero-order valence-electron chi connectivity index (χ0n) is 20.7. The molecule has 3 nitrogen and oxygen atoms in total. The Morgan fingerprint density at radius 2 is 2.57 bits per heavy atom. The third kappa shape index (κ3) is 2.23. The molecule has 1 aromatic rings. The molecular formula is C10H14BrN3. The van der Waals surface area contributed by atoms with Gasteiger partial charge in [0.25, 0.3) is 0 Å². The normalized spacial score (nSPS) is 57.6. The summed E-state index contributed by atoms with van der Waals surface area (Å²) in [6.45, 7) is -11.1. The fraction of sp³-hybridized carbons (Fsp3) is 0.600. The standard InChI is InChI=1S/C10H14BrN3/c1-8-3-2-4-14(7-8)10-12-5-9(11)6-13-10/h5-6,8H,2-4,7H2,1H3/i1D3,2D2,3D2,4D2,5D,6D,7D2,8D. The Morgan fingerprint density at radius 1 is 1.79 bits per heavy atom. The predicted molar refractivity (Wildman–Crippen MR) is 60.3 cm³/mol. The molecule has 4 heteroatoms. The van der Waals surface area contributed by atoms with Gasteiger partial charge < -0.3 is 4.90 Å². The van der Waals surface area contributed by atoms with Crippen molar-refractivity contribution >= 4 is 21.9 Å². The van der Waals surface area contributed by atoms with Gasteiger partial charge in [0.15, 0.2) is 0 Å². The Balaban J connectivity index is 2.97. The molecule has 14 heavy (non-hydrogen) atoms. The van der Waals surface area contributed by atoms with E-state index in [1.807, 2.05) is 0 Å². The van der Waals surface area contributed by atoms with Gasteiger partial charge in [0.1, 0.15) is 0 Å². The first-order chi connectivity index (χ1) is 12.2. The molecule has 0 amide bonds. The van der Waals surface area contributed by atoms with Gasteiger partial charge >= 0.3 is 0 Å². The SMILES string of the molecule is [2H]c1nc(N2C([2H])([2H])C([2H])([2H])C([2H])([2H])C([2H])(C([2H])([2H])[2H])C2([2H])[2H])nc([2H])c1Br. The summed E-state index contributed by atoms with van der Waals surface area (Å²) in [5, 5.41) is 0. The number of piperidine rings is 1. The van der Waals surface area contributed by atoms with Crippen LogP contribution in [0.15, 0.2) is 16.8 Å². The van der Waals surface area contributed by atoms with E-state index in [1.165, 1.54) is 0 Å². The van der Waals surface area contributed by atoms with Crippen LogP contribution in [0.4, 0.5) is 5.95 Å². The van der Waals surface area contributed by atoms with E-state index in [0.717, 1.165) is 0 Å². The maximum atomic E-state index is 8.22. The van der Waals surface area contributed by atoms with Crippen LogP contribution in [0.3, 0.4) is 0 Å². The summed E-state index contributed by atoms with van der Waals surface area (Å²) in [6, 6.07) is 0. The van der Waals surface area contributed by atoms with Crippen LogP contribution in [0.2, 0.25) is 0 Å². The lowest BCUT2D eigenvalue weighted by Crippen LogP contribution is -2.35. The molecule has 2 heterocycles. The second-order valence-electron chi connectivity index (χ2n) is 2.25. The van der Waals surface area contributed by atoms with Crippen molar-refractivity contribution in [3.63, 3.8) is 0 Å². The lowest BCUT2D eigenvalue weighted by Gasteiger charge is -2.30. The molecule has 0 N–H and O–H groups in total. The molecule has 0 spiro atoms. The Morgan fingerprint density at radius 3 is 3.29 bits per heavy atom. The first-order valence-electron chi connectivity index (χ1n) is 10.5. The van der Waals surface area contributed by atoms with Crippen LogP contribution < -0.4 is 4.90 Å². The van der Waals surface area contributed by atoms with E-state index in [4.69, 9.17) is 19.2 Å². The van der Waals surface area contributed by atoms with E-state index in [2.05, 4.69) is 25.9 Å². The summed E-state index contributed by atoms with van der Waals surface area (Å²) >= 11 is 2.82. The van der Waals surface area contributed by atoms with E-state index >= 15 is 0 Å². The van der Waals surface area contributed by atoms with Crippen molar-refractivity contribution in [2.45, 2.75) is 19.6 Å². The van der Waals surface area contributed by atoms with E-state index < -0.39 is 56.8 Å². The van der Waals surface area contributed by atoms with Gasteiger partial charge in [-0.3, -0.25) is 0 Å². The molecule has 0 radical (unpaired) electrons. The summed E-state index contributed by atoms with van der Waals surface area (Å²) in [5.74, 6) is -4.89. The molecule has 1 fully saturated rings. The molecule has 0 aliphatic carbocycles. The summed E-state index contributed by atoms with van der Waals surface area (Å²) in [6.07, 6.45) is -8.96. The highest BCUT2D eigenvalue weighted by Crippen LogP contribution is 2.19. The summed E-state index contributed by atoms with van der Waals surface area (Å²) in [5.41, 5.74) is 0. The van der Waals surface area contributed by atoms with Gasteiger partial charge in [-0.25, -0.2) is 9.97 Å². The third-order valence-corrected chi connectivity index (χ3v) is 1.64. The number of rotatable bonds is 1. The molecule has 1 saturated heterocycles. The number of aromatic nitrogens is 2. The largest absolute Gasteiger partial charge is 0.341 e. The quantitative estimate of drug-likeness (QED) is 0.785. The second kappa shape index (κ2) is 4.26. The molecule has 1 aliphatic rings. The molecule has 1 aliphatic heterocycles. The lowest BCUT2D eigenvalue weighted by molar-refractivity contribution is 0.442. The van der Waals surface area contributed by atoms with Crippen molar-refractivity contribution in [1.82, 2.24) is 9.97 Å². The average Bonchev–Trinajstić information content (AvgIpc) is 2.48. The second-order valence-corrected chi connectivity index (χ2v) is 3.04. The van der Waals surface area contributed by atoms with Gasteiger partial charge in [-0.05, 0) is 34.6 Å². The molecule has 0 aromatic carbocycles. The molecule has 1 unspecified atom stereocenters. The maximum Gasteiger partial charge on any atom is 0.225 e. The summed E-state index contributed by atoms with van der Waals surface area (Å²) < 4.78 is 110. The van der Waals surface area contributed by atoms with Gasteiger partial charge in [0, 0.05) is 41.8 Å². The van der Waals surface area contributed by atoms with Gasteiger partial charge in [-0.1, -0.05) is 6.85 Å². The van der Waals surface area contributed by atoms with Crippen LogP contribution in [0.25, 0.3) is 0 Å². The first kappa shape index (κ1) is 2.54. The van der Waals surface area contributed by atoms with E-state index in [1.54, 1.807) is 0 Å². The molecule has 1 aromatic heterocycles. The predicted octanol–water partition coefficient (Wildman–Crippen LogP) is 2.48. The number of hydrogen-bond donors (Lipinski definition) is 0. The first-order valence-corrected chi connectivity index (χ1v) is 4.30. The maximum absolute atomic E-state index is 8.22. The summed E-state index contributed by atoms with van der Waals surface area (Å²) in [4.78, 5) is 6.77. The van der Waals surface area contributed by atoms with Crippen molar-refractivity contribution in [2.75, 3.05) is 17.9 Å². The van der Waals surface area contributed by atoms with Crippen LogP contribution in [0, 0.1) is 5.89 Å². The van der Waals surface area contributed by atoms with Gasteiger partial charge in [0.2, 0.25) is 5.95 Å². The van der Waals surface area contributed by atoms with E-state index in [0.29, 0.717) is 0 Å². The van der Waals surface area contributed by atoms with Crippen LogP contribution in [0.5, 0.6) is 0 Å². The average molecular weight is 270 g/mol. The minimum atomic E-state index is -3.84. The summed E-state index contributed by atoms with van der Waals surface area (Å²) in [7, 11) is 0. The fourth-order valence-corrected chi connectivity index (χ4v) is 0.940.